The van der Waals surface area contributed by atoms with Gasteiger partial charge in [0.25, 0.3) is 5.91 Å². The third-order valence-corrected chi connectivity index (χ3v) is 6.54. The molecule has 3 nitrogen and oxygen atoms in total. The average Bonchev–Trinajstić information content (AvgIpc) is 3.02. The second-order valence-corrected chi connectivity index (χ2v) is 9.51. The van der Waals surface area contributed by atoms with Crippen LogP contribution >= 0.6 is 58.8 Å². The lowest BCUT2D eigenvalue weighted by Crippen LogP contribution is -2.27. The Balaban J connectivity index is 1.54. The molecule has 0 aromatic heterocycles. The smallest absolute Gasteiger partial charge is 0.270 e. The highest BCUT2D eigenvalue weighted by Crippen LogP contribution is 2.39. The van der Waals surface area contributed by atoms with E-state index in [1.807, 2.05) is 42.5 Å². The number of rotatable bonds is 5. The van der Waals surface area contributed by atoms with E-state index in [1.165, 1.54) is 16.7 Å². The van der Waals surface area contributed by atoms with Crippen molar-refractivity contribution in [1.29, 1.82) is 0 Å². The maximum absolute atomic E-state index is 12.9. The third-order valence-electron chi connectivity index (χ3n) is 4.42. The molecule has 1 aliphatic heterocycles. The van der Waals surface area contributed by atoms with Crippen molar-refractivity contribution in [3.8, 4) is 5.75 Å². The Kier molecular flexibility index (Phi) is 6.89. The zero-order valence-electron chi connectivity index (χ0n) is 15.8. The van der Waals surface area contributed by atoms with Crippen molar-refractivity contribution in [3.05, 3.63) is 97.8 Å². The summed E-state index contributed by atoms with van der Waals surface area (Å²) in [5.41, 5.74) is 2.35. The van der Waals surface area contributed by atoms with E-state index < -0.39 is 0 Å². The Morgan fingerprint density at radius 3 is 2.26 bits per heavy atom. The van der Waals surface area contributed by atoms with E-state index >= 15 is 0 Å². The quantitative estimate of drug-likeness (QED) is 0.263. The van der Waals surface area contributed by atoms with Crippen LogP contribution in [0.1, 0.15) is 11.1 Å². The van der Waals surface area contributed by atoms with E-state index in [1.54, 1.807) is 30.3 Å². The van der Waals surface area contributed by atoms with Crippen LogP contribution in [-0.2, 0) is 11.4 Å². The van der Waals surface area contributed by atoms with Crippen LogP contribution in [0.15, 0.2) is 71.6 Å². The normalized spacial score (nSPS) is 15.1. The number of ether oxygens (including phenoxy) is 1. The number of nitrogens with zero attached hydrogens (tertiary/aromatic N) is 1. The first kappa shape index (κ1) is 22.2. The van der Waals surface area contributed by atoms with Gasteiger partial charge in [0.05, 0.1) is 20.6 Å². The van der Waals surface area contributed by atoms with Crippen molar-refractivity contribution >= 4 is 80.8 Å². The number of benzene rings is 3. The molecule has 0 N–H and O–H groups in total. The molecule has 31 heavy (non-hydrogen) atoms. The molecule has 156 valence electrons. The molecule has 8 heteroatoms. The minimum atomic E-state index is -0.184. The molecule has 0 spiro atoms. The van der Waals surface area contributed by atoms with Gasteiger partial charge in [0, 0.05) is 5.02 Å². The summed E-state index contributed by atoms with van der Waals surface area (Å²) in [6.45, 7) is 0.297. The van der Waals surface area contributed by atoms with Gasteiger partial charge in [-0.3, -0.25) is 9.69 Å². The summed E-state index contributed by atoms with van der Waals surface area (Å²) in [7, 11) is 0. The number of para-hydroxylation sites is 1. The predicted molar refractivity (Wildman–Crippen MR) is 134 cm³/mol. The standard InChI is InChI=1S/C23H14Cl3NO2S2/c24-16-8-6-14(7-9-16)13-29-21-18(25)10-15(11-19(21)26)12-20-22(28)27(23(30)31-20)17-4-2-1-3-5-17/h1-12H,13H2/b20-12+. The molecule has 0 aliphatic carbocycles. The molecule has 0 unspecified atom stereocenters. The minimum Gasteiger partial charge on any atom is -0.486 e. The highest BCUT2D eigenvalue weighted by molar-refractivity contribution is 8.27. The van der Waals surface area contributed by atoms with Crippen LogP contribution in [0.2, 0.25) is 15.1 Å². The number of amides is 1. The number of thioether (sulfide) groups is 1. The summed E-state index contributed by atoms with van der Waals surface area (Å²) >= 11 is 25.4. The van der Waals surface area contributed by atoms with Gasteiger partial charge in [-0.2, -0.15) is 0 Å². The first-order valence-corrected chi connectivity index (χ1v) is 11.5. The molecule has 1 fully saturated rings. The van der Waals surface area contributed by atoms with Crippen LogP contribution in [0.3, 0.4) is 0 Å². The molecule has 0 bridgehead atoms. The first-order chi connectivity index (χ1) is 14.9. The van der Waals surface area contributed by atoms with Crippen molar-refractivity contribution < 1.29 is 9.53 Å². The number of hydrogen-bond donors (Lipinski definition) is 0. The largest absolute Gasteiger partial charge is 0.486 e. The number of carbonyl (C=O) groups excluding carboxylic acids is 1. The second-order valence-electron chi connectivity index (χ2n) is 6.58. The molecule has 0 radical (unpaired) electrons. The van der Waals surface area contributed by atoms with Crippen LogP contribution in [0.25, 0.3) is 6.08 Å². The van der Waals surface area contributed by atoms with E-state index in [9.17, 15) is 4.79 Å². The lowest BCUT2D eigenvalue weighted by molar-refractivity contribution is -0.113. The van der Waals surface area contributed by atoms with Crippen molar-refractivity contribution in [2.24, 2.45) is 0 Å². The fourth-order valence-corrected chi connectivity index (χ4v) is 4.99. The molecule has 1 aliphatic rings. The highest BCUT2D eigenvalue weighted by Gasteiger charge is 2.33. The second kappa shape index (κ2) is 9.63. The fourth-order valence-electron chi connectivity index (χ4n) is 2.96. The lowest BCUT2D eigenvalue weighted by atomic mass is 10.2. The lowest BCUT2D eigenvalue weighted by Gasteiger charge is -2.14. The van der Waals surface area contributed by atoms with Crippen LogP contribution in [0, 0.1) is 0 Å². The molecule has 1 amide bonds. The van der Waals surface area contributed by atoms with E-state index in [-0.39, 0.29) is 5.91 Å². The van der Waals surface area contributed by atoms with Gasteiger partial charge < -0.3 is 4.74 Å². The molecular formula is C23H14Cl3NO2S2. The van der Waals surface area contributed by atoms with Crippen LogP contribution in [0.5, 0.6) is 5.75 Å². The Hall–Kier alpha value is -2.02. The summed E-state index contributed by atoms with van der Waals surface area (Å²) < 4.78 is 6.28. The minimum absolute atomic E-state index is 0.184. The van der Waals surface area contributed by atoms with E-state index in [2.05, 4.69) is 0 Å². The monoisotopic (exact) mass is 505 g/mol. The molecule has 1 heterocycles. The Morgan fingerprint density at radius 1 is 0.968 bits per heavy atom. The van der Waals surface area contributed by atoms with Gasteiger partial charge >= 0.3 is 0 Å². The maximum Gasteiger partial charge on any atom is 0.270 e. The zero-order chi connectivity index (χ0) is 22.0. The summed E-state index contributed by atoms with van der Waals surface area (Å²) in [4.78, 5) is 14.9. The van der Waals surface area contributed by atoms with Crippen LogP contribution in [-0.4, -0.2) is 10.2 Å². The summed E-state index contributed by atoms with van der Waals surface area (Å²) in [6, 6.07) is 20.0. The molecule has 3 aromatic carbocycles. The number of hydrogen-bond acceptors (Lipinski definition) is 4. The van der Waals surface area contributed by atoms with E-state index in [0.29, 0.717) is 42.2 Å². The van der Waals surface area contributed by atoms with Gasteiger partial charge in [-0.25, -0.2) is 0 Å². The van der Waals surface area contributed by atoms with Crippen molar-refractivity contribution in [1.82, 2.24) is 0 Å². The first-order valence-electron chi connectivity index (χ1n) is 9.11. The van der Waals surface area contributed by atoms with Crippen molar-refractivity contribution in [2.45, 2.75) is 6.61 Å². The Morgan fingerprint density at radius 2 is 1.61 bits per heavy atom. The average molecular weight is 507 g/mol. The Bertz CT molecular complexity index is 1160. The molecule has 3 aromatic rings. The summed E-state index contributed by atoms with van der Waals surface area (Å²) in [6.07, 6.45) is 1.73. The topological polar surface area (TPSA) is 29.5 Å². The van der Waals surface area contributed by atoms with Gasteiger partial charge in [-0.1, -0.05) is 89.1 Å². The van der Waals surface area contributed by atoms with Gasteiger partial charge in [-0.05, 0) is 53.6 Å². The zero-order valence-corrected chi connectivity index (χ0v) is 19.8. The Labute approximate surface area is 204 Å². The molecule has 4 rings (SSSR count). The predicted octanol–water partition coefficient (Wildman–Crippen LogP) is 7.63. The van der Waals surface area contributed by atoms with Crippen LogP contribution < -0.4 is 9.64 Å². The van der Waals surface area contributed by atoms with Gasteiger partial charge in [-0.15, -0.1) is 0 Å². The van der Waals surface area contributed by atoms with Crippen molar-refractivity contribution in [3.63, 3.8) is 0 Å². The highest BCUT2D eigenvalue weighted by atomic mass is 35.5. The van der Waals surface area contributed by atoms with Gasteiger partial charge in [0.15, 0.2) is 10.1 Å². The SMILES string of the molecule is O=C1/C(=C\c2cc(Cl)c(OCc3ccc(Cl)cc3)c(Cl)c2)SC(=S)N1c1ccccc1. The molecule has 0 atom stereocenters. The van der Waals surface area contributed by atoms with E-state index in [4.69, 9.17) is 51.8 Å². The number of thiocarbonyl (C=S) groups is 1. The summed E-state index contributed by atoms with van der Waals surface area (Å²) in [5, 5.41) is 1.36. The van der Waals surface area contributed by atoms with Crippen molar-refractivity contribution in [2.75, 3.05) is 4.90 Å². The molecule has 1 saturated heterocycles. The number of halogens is 3. The molecular weight excluding hydrogens is 493 g/mol. The van der Waals surface area contributed by atoms with Gasteiger partial charge in [0.2, 0.25) is 0 Å². The maximum atomic E-state index is 12.9. The van der Waals surface area contributed by atoms with Crippen LogP contribution in [0.4, 0.5) is 5.69 Å². The molecule has 0 saturated carbocycles. The third kappa shape index (κ3) is 5.08. The van der Waals surface area contributed by atoms with Gasteiger partial charge in [0.1, 0.15) is 6.61 Å². The van der Waals surface area contributed by atoms with E-state index in [0.717, 1.165) is 11.3 Å². The fraction of sp³-hybridized carbons (Fsp3) is 0.0435. The summed E-state index contributed by atoms with van der Waals surface area (Å²) in [5.74, 6) is 0.198. The number of anilines is 1. The number of carbonyl (C=O) groups is 1.